The minimum atomic E-state index is -1.88. The zero-order chi connectivity index (χ0) is 42.4. The van der Waals surface area contributed by atoms with Crippen molar-refractivity contribution < 1.29 is 58.0 Å². The molecule has 0 amide bonds. The third kappa shape index (κ3) is 7.81. The van der Waals surface area contributed by atoms with Gasteiger partial charge in [-0.2, -0.15) is 0 Å². The van der Waals surface area contributed by atoms with Gasteiger partial charge in [0.25, 0.3) is 0 Å². The molecular formula is C47H71NO12. The van der Waals surface area contributed by atoms with Gasteiger partial charge in [-0.1, -0.05) is 72.4 Å². The smallest absolute Gasteiger partial charge is 0.303 e. The molecule has 60 heavy (non-hydrogen) atoms. The number of carbonyl (C=O) groups is 1. The van der Waals surface area contributed by atoms with E-state index in [2.05, 4.69) is 52.6 Å². The number of carboxylic acids is 1. The lowest BCUT2D eigenvalue weighted by Gasteiger charge is -2.53. The molecule has 0 aromatic carbocycles. The molecule has 13 nitrogen and oxygen atoms in total. The number of hydrogen-bond donors (Lipinski definition) is 4. The predicted octanol–water partition coefficient (Wildman–Crippen LogP) is 6.26. The Hall–Kier alpha value is -1.75. The summed E-state index contributed by atoms with van der Waals surface area (Å²) in [5.74, 6) is -4.29. The van der Waals surface area contributed by atoms with Crippen LogP contribution < -0.4 is 5.32 Å². The highest BCUT2D eigenvalue weighted by molar-refractivity contribution is 5.66. The number of aliphatic hydroxyl groups excluding tert-OH is 1. The van der Waals surface area contributed by atoms with Crippen molar-refractivity contribution in [3.05, 3.63) is 36.5 Å². The lowest BCUT2D eigenvalue weighted by molar-refractivity contribution is -0.367. The molecule has 9 aliphatic rings. The summed E-state index contributed by atoms with van der Waals surface area (Å²) < 4.78 is 54.2. The quantitative estimate of drug-likeness (QED) is 0.193. The third-order valence-corrected chi connectivity index (χ3v) is 15.9. The fourth-order valence-corrected chi connectivity index (χ4v) is 12.9. The first-order valence-corrected chi connectivity index (χ1v) is 23.2. The largest absolute Gasteiger partial charge is 0.481 e. The molecule has 9 aliphatic heterocycles. The summed E-state index contributed by atoms with van der Waals surface area (Å²) in [6.45, 7) is 18.5. The van der Waals surface area contributed by atoms with Gasteiger partial charge in [-0.25, -0.2) is 0 Å². The highest BCUT2D eigenvalue weighted by Crippen LogP contribution is 2.56. The van der Waals surface area contributed by atoms with Crippen LogP contribution in [0.1, 0.15) is 125 Å². The van der Waals surface area contributed by atoms with Crippen molar-refractivity contribution >= 4 is 5.97 Å². The molecule has 0 saturated carbocycles. The second-order valence-electron chi connectivity index (χ2n) is 20.9. The SMILES string of the molecule is C=C(C[C@@]12C[C@@H](C)C[C@@H](O1)[C@H]1O[C@]3(C[C@H]1O2)NC[C@H](C)C[C@@H]3C)[C@H]1O[C@@](O)([C@H](O)[C@@H]2C[C@H]3O[C@@]4(CC[C@]5(CC=C[C@@H](/C=C/CCC(=O)O)O5)O4)[C@H](C)C[C@H]3O2)[C@H](C)C[C@@H]1C. The van der Waals surface area contributed by atoms with Crippen LogP contribution >= 0.6 is 0 Å². The number of carboxylic acid groups (broad SMARTS) is 1. The Balaban J connectivity index is 0.845. The van der Waals surface area contributed by atoms with E-state index in [0.717, 1.165) is 37.8 Å². The Kier molecular flexibility index (Phi) is 11.6. The van der Waals surface area contributed by atoms with Gasteiger partial charge in [0.2, 0.25) is 0 Å². The Morgan fingerprint density at radius 1 is 0.867 bits per heavy atom. The first-order valence-electron chi connectivity index (χ1n) is 23.2. The second kappa shape index (κ2) is 16.0. The van der Waals surface area contributed by atoms with E-state index in [1.165, 1.54) is 0 Å². The lowest BCUT2D eigenvalue weighted by Crippen LogP contribution is -2.62. The molecule has 0 aromatic heterocycles. The molecule has 0 radical (unpaired) electrons. The van der Waals surface area contributed by atoms with Crippen molar-refractivity contribution in [2.24, 2.45) is 35.5 Å². The van der Waals surface area contributed by atoms with Crippen LogP contribution in [-0.4, -0.2) is 112 Å². The number of hydrogen-bond acceptors (Lipinski definition) is 12. The van der Waals surface area contributed by atoms with Gasteiger partial charge in [-0.15, -0.1) is 0 Å². The van der Waals surface area contributed by atoms with Crippen LogP contribution in [0, 0.1) is 35.5 Å². The van der Waals surface area contributed by atoms with E-state index < -0.39 is 53.2 Å². The summed E-state index contributed by atoms with van der Waals surface area (Å²) in [4.78, 5) is 11.0. The number of nitrogens with one attached hydrogen (secondary N) is 1. The zero-order valence-corrected chi connectivity index (χ0v) is 36.6. The Labute approximate surface area is 355 Å². The van der Waals surface area contributed by atoms with Crippen LogP contribution in [0.3, 0.4) is 0 Å². The molecule has 9 rings (SSSR count). The van der Waals surface area contributed by atoms with Crippen LogP contribution in [0.25, 0.3) is 0 Å². The number of aliphatic hydroxyl groups is 2. The van der Waals surface area contributed by atoms with E-state index in [1.54, 1.807) is 0 Å². The summed E-state index contributed by atoms with van der Waals surface area (Å²) >= 11 is 0. The number of ether oxygens (including phenoxy) is 8. The van der Waals surface area contributed by atoms with Gasteiger partial charge in [0.1, 0.15) is 17.9 Å². The maximum atomic E-state index is 12.4. The van der Waals surface area contributed by atoms with Crippen LogP contribution in [0.4, 0.5) is 0 Å². The maximum Gasteiger partial charge on any atom is 0.303 e. The summed E-state index contributed by atoms with van der Waals surface area (Å²) in [5.41, 5.74) is 0.391. The van der Waals surface area contributed by atoms with E-state index in [1.807, 2.05) is 25.2 Å². The molecule has 13 heteroatoms. The molecule has 8 saturated heterocycles. The first-order chi connectivity index (χ1) is 28.4. The van der Waals surface area contributed by atoms with Gasteiger partial charge in [0.05, 0.1) is 42.7 Å². The fraction of sp³-hybridized carbons (Fsp3) is 0.851. The van der Waals surface area contributed by atoms with Crippen LogP contribution in [-0.2, 0) is 42.7 Å². The Morgan fingerprint density at radius 3 is 2.45 bits per heavy atom. The highest BCUT2D eigenvalue weighted by atomic mass is 16.8. The third-order valence-electron chi connectivity index (χ3n) is 15.9. The van der Waals surface area contributed by atoms with Crippen LogP contribution in [0.5, 0.6) is 0 Å². The molecule has 0 aliphatic carbocycles. The number of fused-ring (bicyclic) bond motifs is 5. The number of aliphatic carboxylic acids is 1. The van der Waals surface area contributed by atoms with Crippen molar-refractivity contribution in [3.8, 4) is 0 Å². The topological polar surface area (TPSA) is 164 Å². The Bertz CT molecular complexity index is 1690. The van der Waals surface area contributed by atoms with Gasteiger partial charge >= 0.3 is 5.97 Å². The Morgan fingerprint density at radius 2 is 1.67 bits per heavy atom. The van der Waals surface area contributed by atoms with E-state index >= 15 is 0 Å². The minimum absolute atomic E-state index is 0.0112. The zero-order valence-electron chi connectivity index (χ0n) is 36.6. The van der Waals surface area contributed by atoms with Gasteiger partial charge in [-0.3, -0.25) is 10.1 Å². The molecule has 8 fully saturated rings. The van der Waals surface area contributed by atoms with Crippen LogP contribution in [0.15, 0.2) is 36.5 Å². The summed E-state index contributed by atoms with van der Waals surface area (Å²) in [6.07, 6.45) is 12.1. The average Bonchev–Trinajstić information content (AvgIpc) is 3.87. The normalized spacial score (nSPS) is 52.9. The molecule has 0 aromatic rings. The second-order valence-corrected chi connectivity index (χ2v) is 20.9. The number of piperidine rings is 1. The van der Waals surface area contributed by atoms with E-state index in [4.69, 9.17) is 43.0 Å². The molecule has 0 unspecified atom stereocenters. The van der Waals surface area contributed by atoms with E-state index in [-0.39, 0.29) is 60.8 Å². The minimum Gasteiger partial charge on any atom is -0.481 e. The lowest BCUT2D eigenvalue weighted by atomic mass is 9.76. The van der Waals surface area contributed by atoms with Crippen molar-refractivity contribution in [1.82, 2.24) is 5.32 Å². The molecule has 4 N–H and O–H groups in total. The fourth-order valence-electron chi connectivity index (χ4n) is 12.9. The standard InChI is InChI=1S/C47H71NO12/c1-26-18-36-41-38(24-45(58-41)30(5)17-27(2)25-48-45)56-44(22-26,55-36)23-29(4)40-28(3)19-32(7)47(52,59-40)42(51)37-21-35-34(53-37)20-31(6)46(57-35)16-15-43(60-46)14-10-12-33(54-43)11-8-9-13-39(49)50/h8,10-12,26-28,30-38,40-42,48,51-52H,4,9,13-25H2,1-3,5-7H3,(H,49,50)/b11-8+/t26-,27+,28-,30-,31+,32+,33+,34+,35+,36+,37-,38+,40-,41+,42+,43-,44-,45-,46+,47+/m0/s1. The molecule has 3 spiro atoms. The molecule has 20 atom stereocenters. The molecular weight excluding hydrogens is 771 g/mol. The van der Waals surface area contributed by atoms with E-state index in [0.29, 0.717) is 69.1 Å². The predicted molar refractivity (Wildman–Crippen MR) is 219 cm³/mol. The van der Waals surface area contributed by atoms with Gasteiger partial charge in [-0.05, 0) is 61.3 Å². The molecule has 2 bridgehead atoms. The van der Waals surface area contributed by atoms with Crippen molar-refractivity contribution in [3.63, 3.8) is 0 Å². The average molecular weight is 842 g/mol. The van der Waals surface area contributed by atoms with Gasteiger partial charge in [0, 0.05) is 69.7 Å². The van der Waals surface area contributed by atoms with E-state index in [9.17, 15) is 15.0 Å². The summed E-state index contributed by atoms with van der Waals surface area (Å²) in [6, 6.07) is 0. The van der Waals surface area contributed by atoms with Gasteiger partial charge < -0.3 is 53.2 Å². The molecule has 336 valence electrons. The van der Waals surface area contributed by atoms with Crippen LogP contribution in [0.2, 0.25) is 0 Å². The van der Waals surface area contributed by atoms with Gasteiger partial charge in [0.15, 0.2) is 23.1 Å². The monoisotopic (exact) mass is 841 g/mol. The first kappa shape index (κ1) is 43.5. The van der Waals surface area contributed by atoms with Crippen molar-refractivity contribution in [1.29, 1.82) is 0 Å². The van der Waals surface area contributed by atoms with Crippen molar-refractivity contribution in [2.75, 3.05) is 6.54 Å². The highest BCUT2D eigenvalue weighted by Gasteiger charge is 2.64. The molecule has 9 heterocycles. The number of rotatable bonds is 9. The summed E-state index contributed by atoms with van der Waals surface area (Å²) in [5, 5.41) is 37.3. The number of allylic oxidation sites excluding steroid dienone is 1. The summed E-state index contributed by atoms with van der Waals surface area (Å²) in [7, 11) is 0. The maximum absolute atomic E-state index is 12.4. The van der Waals surface area contributed by atoms with Crippen molar-refractivity contribution in [2.45, 2.75) is 209 Å².